The average molecular weight is 337 g/mol. The smallest absolute Gasteiger partial charge is 0.223 e. The van der Waals surface area contributed by atoms with Crippen LogP contribution in [0.5, 0.6) is 11.6 Å². The second-order valence-corrected chi connectivity index (χ2v) is 4.55. The first-order valence-corrected chi connectivity index (χ1v) is 5.93. The molecule has 0 radical (unpaired) electrons. The number of nitriles is 1. The molecule has 0 saturated carbocycles. The highest BCUT2D eigenvalue weighted by Crippen LogP contribution is 2.26. The molecule has 4 nitrogen and oxygen atoms in total. The van der Waals surface area contributed by atoms with Crippen LogP contribution in [0.15, 0.2) is 30.6 Å². The number of nitrogens with zero attached hydrogens (tertiary/aromatic N) is 3. The van der Waals surface area contributed by atoms with Crippen molar-refractivity contribution in [3.8, 4) is 17.7 Å². The van der Waals surface area contributed by atoms with E-state index < -0.39 is 0 Å². The van der Waals surface area contributed by atoms with Gasteiger partial charge in [-0.05, 0) is 47.2 Å². The van der Waals surface area contributed by atoms with Crippen molar-refractivity contribution in [3.63, 3.8) is 0 Å². The van der Waals surface area contributed by atoms with Gasteiger partial charge < -0.3 is 4.74 Å². The third-order valence-corrected chi connectivity index (χ3v) is 2.95. The van der Waals surface area contributed by atoms with Gasteiger partial charge in [0.2, 0.25) is 5.88 Å². The van der Waals surface area contributed by atoms with Crippen LogP contribution in [-0.4, -0.2) is 9.97 Å². The number of benzene rings is 1. The summed E-state index contributed by atoms with van der Waals surface area (Å²) in [5, 5.41) is 8.73. The first-order valence-electron chi connectivity index (χ1n) is 4.85. The number of aromatic nitrogens is 2. The number of rotatable bonds is 2. The molecule has 1 aromatic carbocycles. The van der Waals surface area contributed by atoms with Crippen LogP contribution >= 0.6 is 22.6 Å². The molecule has 2 rings (SSSR count). The Bertz CT molecular complexity index is 593. The van der Waals surface area contributed by atoms with Gasteiger partial charge in [-0.15, -0.1) is 0 Å². The molecule has 0 N–H and O–H groups in total. The maximum atomic E-state index is 8.73. The molecule has 0 unspecified atom stereocenters. The van der Waals surface area contributed by atoms with Crippen molar-refractivity contribution >= 4 is 22.6 Å². The molecule has 0 atom stereocenters. The normalized spacial score (nSPS) is 9.71. The molecule has 0 fully saturated rings. The highest BCUT2D eigenvalue weighted by atomic mass is 127. The average Bonchev–Trinajstić information content (AvgIpc) is 2.34. The first kappa shape index (κ1) is 11.8. The summed E-state index contributed by atoms with van der Waals surface area (Å²) in [7, 11) is 0. The molecule has 0 amide bonds. The molecule has 1 aromatic heterocycles. The van der Waals surface area contributed by atoms with Crippen LogP contribution in [0.4, 0.5) is 0 Å². The number of hydrogen-bond acceptors (Lipinski definition) is 4. The lowest BCUT2D eigenvalue weighted by molar-refractivity contribution is 0.457. The second-order valence-electron chi connectivity index (χ2n) is 3.39. The van der Waals surface area contributed by atoms with E-state index in [1.54, 1.807) is 0 Å². The van der Waals surface area contributed by atoms with Gasteiger partial charge in [-0.25, -0.2) is 9.97 Å². The van der Waals surface area contributed by atoms with E-state index in [1.165, 1.54) is 12.4 Å². The zero-order chi connectivity index (χ0) is 12.3. The van der Waals surface area contributed by atoms with Gasteiger partial charge in [0.25, 0.3) is 0 Å². The minimum atomic E-state index is 0.290. The molecule has 5 heteroatoms. The number of halogens is 1. The molecule has 0 bridgehead atoms. The predicted molar refractivity (Wildman–Crippen MR) is 70.7 cm³/mol. The molecule has 0 aliphatic rings. The van der Waals surface area contributed by atoms with Crippen molar-refractivity contribution in [3.05, 3.63) is 45.4 Å². The Labute approximate surface area is 112 Å². The summed E-state index contributed by atoms with van der Waals surface area (Å²) in [5.41, 5.74) is 1.40. The molecular formula is C12H8IN3O. The maximum absolute atomic E-state index is 8.73. The van der Waals surface area contributed by atoms with E-state index in [9.17, 15) is 0 Å². The van der Waals surface area contributed by atoms with E-state index in [0.717, 1.165) is 14.9 Å². The summed E-state index contributed by atoms with van der Waals surface area (Å²) in [5.74, 6) is 1.10. The molecule has 1 heterocycles. The van der Waals surface area contributed by atoms with Gasteiger partial charge in [0.1, 0.15) is 23.8 Å². The maximum Gasteiger partial charge on any atom is 0.223 e. The fourth-order valence-electron chi connectivity index (χ4n) is 1.26. The van der Waals surface area contributed by atoms with Gasteiger partial charge in [0, 0.05) is 6.07 Å². The summed E-state index contributed by atoms with van der Waals surface area (Å²) in [6, 6.07) is 9.36. The number of hydrogen-bond donors (Lipinski definition) is 0. The van der Waals surface area contributed by atoms with Gasteiger partial charge in [-0.1, -0.05) is 6.07 Å². The van der Waals surface area contributed by atoms with Crippen molar-refractivity contribution in [2.45, 2.75) is 6.92 Å². The SMILES string of the molecule is Cc1ccc(I)c(Oc2cc(C#N)ncn2)c1. The molecule has 2 aromatic rings. The minimum absolute atomic E-state index is 0.290. The highest BCUT2D eigenvalue weighted by molar-refractivity contribution is 14.1. The molecule has 0 spiro atoms. The Hall–Kier alpha value is -1.68. The lowest BCUT2D eigenvalue weighted by Gasteiger charge is -2.07. The summed E-state index contributed by atoms with van der Waals surface area (Å²) in [4.78, 5) is 7.75. The van der Waals surface area contributed by atoms with Crippen LogP contribution in [0.3, 0.4) is 0 Å². The van der Waals surface area contributed by atoms with Gasteiger partial charge in [-0.2, -0.15) is 5.26 Å². The Morgan fingerprint density at radius 1 is 1.29 bits per heavy atom. The predicted octanol–water partition coefficient (Wildman–Crippen LogP) is 3.05. The van der Waals surface area contributed by atoms with Gasteiger partial charge >= 0.3 is 0 Å². The van der Waals surface area contributed by atoms with Crippen molar-refractivity contribution in [2.24, 2.45) is 0 Å². The fourth-order valence-corrected chi connectivity index (χ4v) is 1.70. The minimum Gasteiger partial charge on any atom is -0.438 e. The Morgan fingerprint density at radius 2 is 2.12 bits per heavy atom. The quantitative estimate of drug-likeness (QED) is 0.791. The summed E-state index contributed by atoms with van der Waals surface area (Å²) >= 11 is 2.19. The van der Waals surface area contributed by atoms with Crippen LogP contribution in [0, 0.1) is 21.8 Å². The number of ether oxygens (including phenoxy) is 1. The van der Waals surface area contributed by atoms with Crippen LogP contribution in [-0.2, 0) is 0 Å². The highest BCUT2D eigenvalue weighted by Gasteiger charge is 2.05. The van der Waals surface area contributed by atoms with Crippen molar-refractivity contribution < 1.29 is 4.74 Å². The van der Waals surface area contributed by atoms with E-state index in [2.05, 4.69) is 32.6 Å². The third kappa shape index (κ3) is 2.91. The van der Waals surface area contributed by atoms with Gasteiger partial charge in [0.15, 0.2) is 0 Å². The summed E-state index contributed by atoms with van der Waals surface area (Å²) < 4.78 is 6.61. The van der Waals surface area contributed by atoms with Gasteiger partial charge in [-0.3, -0.25) is 0 Å². The van der Waals surface area contributed by atoms with E-state index in [0.29, 0.717) is 5.88 Å². The molecule has 17 heavy (non-hydrogen) atoms. The van der Waals surface area contributed by atoms with Gasteiger partial charge in [0.05, 0.1) is 3.57 Å². The standard InChI is InChI=1S/C12H8IN3O/c1-8-2-3-10(13)11(4-8)17-12-5-9(6-14)15-7-16-12/h2-5,7H,1H3. The Balaban J connectivity index is 2.31. The lowest BCUT2D eigenvalue weighted by Crippen LogP contribution is -1.93. The molecule has 0 aliphatic heterocycles. The van der Waals surface area contributed by atoms with Crippen molar-refractivity contribution in [2.75, 3.05) is 0 Å². The van der Waals surface area contributed by atoms with Crippen LogP contribution in [0.1, 0.15) is 11.3 Å². The number of aryl methyl sites for hydroxylation is 1. The molecule has 0 aliphatic carbocycles. The van der Waals surface area contributed by atoms with Crippen molar-refractivity contribution in [1.82, 2.24) is 9.97 Å². The molecule has 0 saturated heterocycles. The van der Waals surface area contributed by atoms with E-state index >= 15 is 0 Å². The van der Waals surface area contributed by atoms with Crippen LogP contribution in [0.25, 0.3) is 0 Å². The van der Waals surface area contributed by atoms with Crippen LogP contribution in [0.2, 0.25) is 0 Å². The summed E-state index contributed by atoms with van der Waals surface area (Å²) in [6.07, 6.45) is 1.32. The fraction of sp³-hybridized carbons (Fsp3) is 0.0833. The monoisotopic (exact) mass is 337 g/mol. The third-order valence-electron chi connectivity index (χ3n) is 2.06. The zero-order valence-electron chi connectivity index (χ0n) is 9.01. The molecular weight excluding hydrogens is 329 g/mol. The van der Waals surface area contributed by atoms with Crippen molar-refractivity contribution in [1.29, 1.82) is 5.26 Å². The topological polar surface area (TPSA) is 58.8 Å². The Kier molecular flexibility index (Phi) is 3.54. The van der Waals surface area contributed by atoms with Crippen LogP contribution < -0.4 is 4.74 Å². The van der Waals surface area contributed by atoms with E-state index in [4.69, 9.17) is 10.00 Å². The largest absolute Gasteiger partial charge is 0.438 e. The molecule has 84 valence electrons. The Morgan fingerprint density at radius 3 is 2.88 bits per heavy atom. The van der Waals surface area contributed by atoms with E-state index in [-0.39, 0.29) is 5.69 Å². The lowest BCUT2D eigenvalue weighted by atomic mass is 10.2. The second kappa shape index (κ2) is 5.10. The first-order chi connectivity index (χ1) is 8.19. The zero-order valence-corrected chi connectivity index (χ0v) is 11.2. The van der Waals surface area contributed by atoms with E-state index in [1.807, 2.05) is 31.2 Å². The summed E-state index contributed by atoms with van der Waals surface area (Å²) in [6.45, 7) is 1.99.